The van der Waals surface area contributed by atoms with E-state index in [2.05, 4.69) is 44.5 Å². The fraction of sp³-hybridized carbons (Fsp3) is 1.00. The SMILES string of the molecule is CCCC(CN)(CCC)N1CC(C)N(C)C(C)C1. The lowest BCUT2D eigenvalue weighted by atomic mass is 9.85. The molecule has 0 aromatic rings. The van der Waals surface area contributed by atoms with Crippen LogP contribution in [0.15, 0.2) is 0 Å². The summed E-state index contributed by atoms with van der Waals surface area (Å²) in [6.07, 6.45) is 4.93. The molecule has 1 saturated heterocycles. The van der Waals surface area contributed by atoms with Gasteiger partial charge < -0.3 is 5.73 Å². The van der Waals surface area contributed by atoms with Crippen LogP contribution in [0.3, 0.4) is 0 Å². The molecule has 2 N–H and O–H groups in total. The van der Waals surface area contributed by atoms with Crippen LogP contribution < -0.4 is 5.73 Å². The molecule has 1 aliphatic rings. The number of nitrogens with zero attached hydrogens (tertiary/aromatic N) is 2. The molecule has 1 rings (SSSR count). The van der Waals surface area contributed by atoms with Crippen molar-refractivity contribution in [2.45, 2.75) is 71.0 Å². The lowest BCUT2D eigenvalue weighted by Gasteiger charge is -2.51. The minimum absolute atomic E-state index is 0.243. The van der Waals surface area contributed by atoms with E-state index in [-0.39, 0.29) is 5.54 Å². The van der Waals surface area contributed by atoms with E-state index in [1.807, 2.05) is 0 Å². The van der Waals surface area contributed by atoms with Gasteiger partial charge in [-0.25, -0.2) is 0 Å². The Kier molecular flexibility index (Phi) is 6.09. The number of hydrogen-bond donors (Lipinski definition) is 1. The summed E-state index contributed by atoms with van der Waals surface area (Å²) < 4.78 is 0. The summed E-state index contributed by atoms with van der Waals surface area (Å²) in [6, 6.07) is 1.27. The number of hydrogen-bond acceptors (Lipinski definition) is 3. The first-order valence-electron chi connectivity index (χ1n) is 7.67. The van der Waals surface area contributed by atoms with Crippen LogP contribution in [0.5, 0.6) is 0 Å². The molecule has 3 nitrogen and oxygen atoms in total. The van der Waals surface area contributed by atoms with E-state index in [4.69, 9.17) is 5.73 Å². The van der Waals surface area contributed by atoms with Crippen molar-refractivity contribution in [1.82, 2.24) is 9.80 Å². The van der Waals surface area contributed by atoms with Gasteiger partial charge in [-0.1, -0.05) is 26.7 Å². The molecule has 0 bridgehead atoms. The first-order chi connectivity index (χ1) is 8.50. The second-order valence-corrected chi connectivity index (χ2v) is 6.20. The van der Waals surface area contributed by atoms with Crippen LogP contribution in [-0.4, -0.2) is 54.1 Å². The Morgan fingerprint density at radius 3 is 1.83 bits per heavy atom. The van der Waals surface area contributed by atoms with Crippen LogP contribution in [0.4, 0.5) is 0 Å². The fourth-order valence-electron chi connectivity index (χ4n) is 3.50. The normalized spacial score (nSPS) is 27.7. The summed E-state index contributed by atoms with van der Waals surface area (Å²) in [5.74, 6) is 0. The Bertz CT molecular complexity index is 224. The quantitative estimate of drug-likeness (QED) is 0.790. The van der Waals surface area contributed by atoms with Gasteiger partial charge in [-0.3, -0.25) is 9.80 Å². The first kappa shape index (κ1) is 15.9. The molecule has 1 fully saturated rings. The van der Waals surface area contributed by atoms with Crippen molar-refractivity contribution in [2.24, 2.45) is 5.73 Å². The van der Waals surface area contributed by atoms with Crippen LogP contribution in [-0.2, 0) is 0 Å². The number of piperazine rings is 1. The summed E-state index contributed by atoms with van der Waals surface area (Å²) in [7, 11) is 2.25. The molecule has 0 spiro atoms. The van der Waals surface area contributed by atoms with Crippen molar-refractivity contribution in [3.63, 3.8) is 0 Å². The minimum Gasteiger partial charge on any atom is -0.329 e. The van der Waals surface area contributed by atoms with Crippen molar-refractivity contribution >= 4 is 0 Å². The highest BCUT2D eigenvalue weighted by Crippen LogP contribution is 2.30. The summed E-state index contributed by atoms with van der Waals surface area (Å²) in [6.45, 7) is 12.4. The topological polar surface area (TPSA) is 32.5 Å². The molecule has 0 aromatic heterocycles. The monoisotopic (exact) mass is 255 g/mol. The average Bonchev–Trinajstić information content (AvgIpc) is 2.35. The molecule has 2 unspecified atom stereocenters. The van der Waals surface area contributed by atoms with Gasteiger partial charge in [-0.15, -0.1) is 0 Å². The summed E-state index contributed by atoms with van der Waals surface area (Å²) in [5.41, 5.74) is 6.42. The molecule has 2 atom stereocenters. The van der Waals surface area contributed by atoms with E-state index >= 15 is 0 Å². The third kappa shape index (κ3) is 3.25. The minimum atomic E-state index is 0.243. The standard InChI is InChI=1S/C15H33N3/c1-6-8-15(12-16,9-7-2)18-10-13(3)17(5)14(4)11-18/h13-14H,6-12,16H2,1-5H3. The highest BCUT2D eigenvalue weighted by molar-refractivity contribution is 4.96. The zero-order valence-corrected chi connectivity index (χ0v) is 13.1. The van der Waals surface area contributed by atoms with E-state index in [1.54, 1.807) is 0 Å². The van der Waals surface area contributed by atoms with Crippen LogP contribution in [0, 0.1) is 0 Å². The molecule has 0 aliphatic carbocycles. The van der Waals surface area contributed by atoms with E-state index in [9.17, 15) is 0 Å². The Balaban J connectivity index is 2.84. The summed E-state index contributed by atoms with van der Waals surface area (Å²) >= 11 is 0. The van der Waals surface area contributed by atoms with Crippen LogP contribution >= 0.6 is 0 Å². The maximum absolute atomic E-state index is 6.18. The second kappa shape index (κ2) is 6.88. The molecular formula is C15H33N3. The Labute approximate surface area is 114 Å². The Hall–Kier alpha value is -0.120. The van der Waals surface area contributed by atoms with Gasteiger partial charge in [0, 0.05) is 37.3 Å². The van der Waals surface area contributed by atoms with Crippen LogP contribution in [0.2, 0.25) is 0 Å². The average molecular weight is 255 g/mol. The highest BCUT2D eigenvalue weighted by atomic mass is 15.3. The van der Waals surface area contributed by atoms with Gasteiger partial charge in [0.2, 0.25) is 0 Å². The zero-order chi connectivity index (χ0) is 13.8. The van der Waals surface area contributed by atoms with Gasteiger partial charge >= 0.3 is 0 Å². The summed E-state index contributed by atoms with van der Waals surface area (Å²) in [4.78, 5) is 5.19. The molecule has 108 valence electrons. The number of rotatable bonds is 6. The van der Waals surface area contributed by atoms with Gasteiger partial charge in [0.1, 0.15) is 0 Å². The summed E-state index contributed by atoms with van der Waals surface area (Å²) in [5, 5.41) is 0. The highest BCUT2D eigenvalue weighted by Gasteiger charge is 2.39. The lowest BCUT2D eigenvalue weighted by Crippen LogP contribution is -2.64. The van der Waals surface area contributed by atoms with Crippen molar-refractivity contribution in [1.29, 1.82) is 0 Å². The van der Waals surface area contributed by atoms with E-state index in [0.29, 0.717) is 12.1 Å². The number of likely N-dealkylation sites (N-methyl/N-ethyl adjacent to an activating group) is 1. The third-order valence-electron chi connectivity index (χ3n) is 4.84. The van der Waals surface area contributed by atoms with Gasteiger partial charge in [0.15, 0.2) is 0 Å². The maximum Gasteiger partial charge on any atom is 0.0332 e. The number of nitrogens with two attached hydrogens (primary N) is 1. The predicted molar refractivity (Wildman–Crippen MR) is 79.9 cm³/mol. The van der Waals surface area contributed by atoms with Crippen LogP contribution in [0.25, 0.3) is 0 Å². The molecule has 0 radical (unpaired) electrons. The second-order valence-electron chi connectivity index (χ2n) is 6.20. The van der Waals surface area contributed by atoms with Gasteiger partial charge in [-0.05, 0) is 33.7 Å². The van der Waals surface area contributed by atoms with E-state index in [0.717, 1.165) is 19.6 Å². The van der Waals surface area contributed by atoms with Gasteiger partial charge in [-0.2, -0.15) is 0 Å². The molecule has 0 aromatic carbocycles. The largest absolute Gasteiger partial charge is 0.329 e. The molecule has 1 aliphatic heterocycles. The fourth-order valence-corrected chi connectivity index (χ4v) is 3.50. The van der Waals surface area contributed by atoms with E-state index < -0.39 is 0 Å². The predicted octanol–water partition coefficient (Wildman–Crippen LogP) is 2.31. The smallest absolute Gasteiger partial charge is 0.0332 e. The molecule has 1 heterocycles. The Morgan fingerprint density at radius 1 is 1.06 bits per heavy atom. The van der Waals surface area contributed by atoms with Crippen molar-refractivity contribution in [3.05, 3.63) is 0 Å². The van der Waals surface area contributed by atoms with E-state index in [1.165, 1.54) is 25.7 Å². The molecular weight excluding hydrogens is 222 g/mol. The zero-order valence-electron chi connectivity index (χ0n) is 13.1. The van der Waals surface area contributed by atoms with Gasteiger partial charge in [0.25, 0.3) is 0 Å². The molecule has 0 saturated carbocycles. The molecule has 18 heavy (non-hydrogen) atoms. The molecule has 3 heteroatoms. The van der Waals surface area contributed by atoms with Crippen molar-refractivity contribution in [2.75, 3.05) is 26.7 Å². The first-order valence-corrected chi connectivity index (χ1v) is 7.67. The Morgan fingerprint density at radius 2 is 1.50 bits per heavy atom. The third-order valence-corrected chi connectivity index (χ3v) is 4.84. The maximum atomic E-state index is 6.18. The molecule has 0 amide bonds. The van der Waals surface area contributed by atoms with Crippen molar-refractivity contribution < 1.29 is 0 Å². The van der Waals surface area contributed by atoms with Crippen molar-refractivity contribution in [3.8, 4) is 0 Å². The van der Waals surface area contributed by atoms with Gasteiger partial charge in [0.05, 0.1) is 0 Å². The van der Waals surface area contributed by atoms with Crippen LogP contribution in [0.1, 0.15) is 53.4 Å². The lowest BCUT2D eigenvalue weighted by molar-refractivity contribution is -0.0182.